The van der Waals surface area contributed by atoms with E-state index in [-0.39, 0.29) is 11.8 Å². The molecule has 16 heavy (non-hydrogen) atoms. The number of aldehydes is 2. The van der Waals surface area contributed by atoms with E-state index in [0.717, 1.165) is 51.1 Å². The van der Waals surface area contributed by atoms with E-state index >= 15 is 0 Å². The minimum Gasteiger partial charge on any atom is -0.303 e. The molecule has 0 aliphatic carbocycles. The SMILES string of the molecule is CCC(C=O)CCCCCCC(C=O)CC. The molecular weight excluding hydrogens is 200 g/mol. The average molecular weight is 226 g/mol. The first-order chi connectivity index (χ1) is 7.78. The molecule has 2 nitrogen and oxygen atoms in total. The quantitative estimate of drug-likeness (QED) is 0.397. The molecule has 2 atom stereocenters. The summed E-state index contributed by atoms with van der Waals surface area (Å²) in [5.74, 6) is 0.525. The molecule has 2 heteroatoms. The highest BCUT2D eigenvalue weighted by molar-refractivity contribution is 5.53. The molecule has 0 saturated heterocycles. The van der Waals surface area contributed by atoms with Crippen molar-refractivity contribution in [3.05, 3.63) is 0 Å². The van der Waals surface area contributed by atoms with Gasteiger partial charge in [0.05, 0.1) is 0 Å². The molecule has 0 amide bonds. The fourth-order valence-corrected chi connectivity index (χ4v) is 1.90. The van der Waals surface area contributed by atoms with Crippen LogP contribution >= 0.6 is 0 Å². The highest BCUT2D eigenvalue weighted by Crippen LogP contribution is 2.15. The summed E-state index contributed by atoms with van der Waals surface area (Å²) in [5, 5.41) is 0. The van der Waals surface area contributed by atoms with E-state index in [0.29, 0.717) is 0 Å². The number of hydrogen-bond acceptors (Lipinski definition) is 2. The number of unbranched alkanes of at least 4 members (excludes halogenated alkanes) is 3. The van der Waals surface area contributed by atoms with Crippen LogP contribution < -0.4 is 0 Å². The van der Waals surface area contributed by atoms with Gasteiger partial charge in [-0.1, -0.05) is 39.5 Å². The summed E-state index contributed by atoms with van der Waals surface area (Å²) in [6, 6.07) is 0. The van der Waals surface area contributed by atoms with Crippen molar-refractivity contribution in [3.8, 4) is 0 Å². The second kappa shape index (κ2) is 10.8. The van der Waals surface area contributed by atoms with Crippen LogP contribution in [0.2, 0.25) is 0 Å². The molecular formula is C14H26O2. The monoisotopic (exact) mass is 226 g/mol. The smallest absolute Gasteiger partial charge is 0.123 e. The number of carbonyl (C=O) groups is 2. The van der Waals surface area contributed by atoms with Crippen molar-refractivity contribution >= 4 is 12.6 Å². The van der Waals surface area contributed by atoms with Gasteiger partial charge < -0.3 is 9.59 Å². The zero-order chi connectivity index (χ0) is 12.2. The Morgan fingerprint density at radius 3 is 1.38 bits per heavy atom. The molecule has 0 heterocycles. The number of rotatable bonds is 11. The topological polar surface area (TPSA) is 34.1 Å². The molecule has 94 valence electrons. The van der Waals surface area contributed by atoms with Crippen molar-refractivity contribution < 1.29 is 9.59 Å². The van der Waals surface area contributed by atoms with Gasteiger partial charge in [-0.25, -0.2) is 0 Å². The fourth-order valence-electron chi connectivity index (χ4n) is 1.90. The van der Waals surface area contributed by atoms with Crippen molar-refractivity contribution in [3.63, 3.8) is 0 Å². The molecule has 0 rings (SSSR count). The molecule has 0 N–H and O–H groups in total. The minimum atomic E-state index is 0.262. The van der Waals surface area contributed by atoms with E-state index < -0.39 is 0 Å². The highest BCUT2D eigenvalue weighted by Gasteiger charge is 2.05. The standard InChI is InChI=1S/C14H26O2/c1-3-13(11-15)9-7-5-6-8-10-14(4-2)12-16/h11-14H,3-10H2,1-2H3. The van der Waals surface area contributed by atoms with Gasteiger partial charge in [0.1, 0.15) is 12.6 Å². The summed E-state index contributed by atoms with van der Waals surface area (Å²) in [4.78, 5) is 21.2. The molecule has 0 spiro atoms. The Bertz CT molecular complexity index is 158. The Kier molecular flexibility index (Phi) is 10.4. The van der Waals surface area contributed by atoms with Gasteiger partial charge in [0, 0.05) is 11.8 Å². The van der Waals surface area contributed by atoms with E-state index in [2.05, 4.69) is 13.8 Å². The number of hydrogen-bond donors (Lipinski definition) is 0. The zero-order valence-electron chi connectivity index (χ0n) is 10.8. The van der Waals surface area contributed by atoms with Crippen molar-refractivity contribution in [2.75, 3.05) is 0 Å². The molecule has 0 aliphatic rings. The predicted octanol–water partition coefficient (Wildman–Crippen LogP) is 3.78. The molecule has 0 aromatic heterocycles. The lowest BCUT2D eigenvalue weighted by molar-refractivity contribution is -0.112. The van der Waals surface area contributed by atoms with Crippen LogP contribution in [0, 0.1) is 11.8 Å². The molecule has 2 unspecified atom stereocenters. The van der Waals surface area contributed by atoms with Gasteiger partial charge in [-0.2, -0.15) is 0 Å². The Hall–Kier alpha value is -0.660. The Balaban J connectivity index is 3.33. The lowest BCUT2D eigenvalue weighted by Gasteiger charge is -2.08. The molecule has 0 radical (unpaired) electrons. The van der Waals surface area contributed by atoms with Crippen molar-refractivity contribution in [1.82, 2.24) is 0 Å². The van der Waals surface area contributed by atoms with Gasteiger partial charge in [-0.05, 0) is 25.7 Å². The van der Waals surface area contributed by atoms with Crippen LogP contribution in [0.4, 0.5) is 0 Å². The lowest BCUT2D eigenvalue weighted by Crippen LogP contribution is -2.01. The molecule has 0 fully saturated rings. The number of carbonyl (C=O) groups excluding carboxylic acids is 2. The van der Waals surface area contributed by atoms with Crippen LogP contribution in [0.1, 0.15) is 65.2 Å². The van der Waals surface area contributed by atoms with Gasteiger partial charge >= 0.3 is 0 Å². The Labute approximate surface area is 99.8 Å². The minimum absolute atomic E-state index is 0.262. The van der Waals surface area contributed by atoms with E-state index in [1.165, 1.54) is 12.8 Å². The van der Waals surface area contributed by atoms with Crippen LogP contribution in [-0.2, 0) is 9.59 Å². The van der Waals surface area contributed by atoms with Gasteiger partial charge in [0.15, 0.2) is 0 Å². The average Bonchev–Trinajstić information content (AvgIpc) is 2.33. The van der Waals surface area contributed by atoms with Gasteiger partial charge in [0.25, 0.3) is 0 Å². The molecule has 0 aromatic carbocycles. The van der Waals surface area contributed by atoms with Crippen molar-refractivity contribution in [1.29, 1.82) is 0 Å². The zero-order valence-corrected chi connectivity index (χ0v) is 10.8. The first kappa shape index (κ1) is 15.3. The third-order valence-corrected chi connectivity index (χ3v) is 3.33. The van der Waals surface area contributed by atoms with Crippen LogP contribution in [0.3, 0.4) is 0 Å². The lowest BCUT2D eigenvalue weighted by atomic mass is 9.97. The molecule has 0 aromatic rings. The maximum absolute atomic E-state index is 10.6. The highest BCUT2D eigenvalue weighted by atomic mass is 16.1. The summed E-state index contributed by atoms with van der Waals surface area (Å²) in [6.07, 6.45) is 10.8. The first-order valence-corrected chi connectivity index (χ1v) is 6.69. The molecule has 0 saturated carbocycles. The Morgan fingerprint density at radius 2 is 1.12 bits per heavy atom. The van der Waals surface area contributed by atoms with Crippen LogP contribution in [0.5, 0.6) is 0 Å². The summed E-state index contributed by atoms with van der Waals surface area (Å²) < 4.78 is 0. The summed E-state index contributed by atoms with van der Waals surface area (Å²) in [7, 11) is 0. The predicted molar refractivity (Wildman–Crippen MR) is 67.4 cm³/mol. The maximum Gasteiger partial charge on any atom is 0.123 e. The van der Waals surface area contributed by atoms with E-state index in [1.807, 2.05) is 0 Å². The summed E-state index contributed by atoms with van der Waals surface area (Å²) in [6.45, 7) is 4.13. The normalized spacial score (nSPS) is 14.4. The Morgan fingerprint density at radius 1 is 0.750 bits per heavy atom. The molecule has 0 aliphatic heterocycles. The third-order valence-electron chi connectivity index (χ3n) is 3.33. The first-order valence-electron chi connectivity index (χ1n) is 6.69. The summed E-state index contributed by atoms with van der Waals surface area (Å²) >= 11 is 0. The molecule has 0 bridgehead atoms. The van der Waals surface area contributed by atoms with Crippen LogP contribution in [0.25, 0.3) is 0 Å². The van der Waals surface area contributed by atoms with Gasteiger partial charge in [-0.3, -0.25) is 0 Å². The van der Waals surface area contributed by atoms with E-state index in [9.17, 15) is 9.59 Å². The van der Waals surface area contributed by atoms with Gasteiger partial charge in [0.2, 0.25) is 0 Å². The van der Waals surface area contributed by atoms with E-state index in [4.69, 9.17) is 0 Å². The van der Waals surface area contributed by atoms with Crippen molar-refractivity contribution in [2.24, 2.45) is 11.8 Å². The second-order valence-corrected chi connectivity index (χ2v) is 4.60. The van der Waals surface area contributed by atoms with Gasteiger partial charge in [-0.15, -0.1) is 0 Å². The second-order valence-electron chi connectivity index (χ2n) is 4.60. The summed E-state index contributed by atoms with van der Waals surface area (Å²) in [5.41, 5.74) is 0. The van der Waals surface area contributed by atoms with Crippen LogP contribution in [-0.4, -0.2) is 12.6 Å². The van der Waals surface area contributed by atoms with Crippen molar-refractivity contribution in [2.45, 2.75) is 65.2 Å². The maximum atomic E-state index is 10.6. The fraction of sp³-hybridized carbons (Fsp3) is 0.857. The van der Waals surface area contributed by atoms with Crippen LogP contribution in [0.15, 0.2) is 0 Å². The third kappa shape index (κ3) is 7.61. The largest absolute Gasteiger partial charge is 0.303 e. The van der Waals surface area contributed by atoms with E-state index in [1.54, 1.807) is 0 Å².